The molecule has 0 radical (unpaired) electrons. The van der Waals surface area contributed by atoms with Crippen LogP contribution in [0.1, 0.15) is 31.0 Å². The van der Waals surface area contributed by atoms with Crippen molar-refractivity contribution in [2.75, 3.05) is 0 Å². The molecular formula is C10H13N3. The molecule has 2 rings (SSSR count). The molecule has 3 heteroatoms. The van der Waals surface area contributed by atoms with Crippen molar-refractivity contribution in [3.63, 3.8) is 0 Å². The Labute approximate surface area is 77.4 Å². The van der Waals surface area contributed by atoms with Crippen molar-refractivity contribution in [2.24, 2.45) is 0 Å². The summed E-state index contributed by atoms with van der Waals surface area (Å²) in [6.07, 6.45) is 1.90. The van der Waals surface area contributed by atoms with Crippen LogP contribution in [0.5, 0.6) is 0 Å². The zero-order valence-corrected chi connectivity index (χ0v) is 8.15. The number of nitrogens with zero attached hydrogens (tertiary/aromatic N) is 3. The first-order chi connectivity index (χ1) is 6.18. The predicted molar refractivity (Wildman–Crippen MR) is 51.8 cm³/mol. The van der Waals surface area contributed by atoms with Crippen LogP contribution in [0.2, 0.25) is 0 Å². The summed E-state index contributed by atoms with van der Waals surface area (Å²) >= 11 is 0. The molecule has 68 valence electrons. The van der Waals surface area contributed by atoms with E-state index < -0.39 is 0 Å². The third-order valence-electron chi connectivity index (χ3n) is 2.17. The summed E-state index contributed by atoms with van der Waals surface area (Å²) < 4.78 is 1.70. The van der Waals surface area contributed by atoms with Gasteiger partial charge in [0.25, 0.3) is 0 Å². The Balaban J connectivity index is 2.69. The van der Waals surface area contributed by atoms with Crippen molar-refractivity contribution in [3.8, 4) is 0 Å². The van der Waals surface area contributed by atoms with E-state index in [1.54, 1.807) is 4.63 Å². The molecule has 13 heavy (non-hydrogen) atoms. The minimum Gasteiger partial charge on any atom is -0.158 e. The molecule has 0 bridgehead atoms. The number of aryl methyl sites for hydroxylation is 1. The van der Waals surface area contributed by atoms with Gasteiger partial charge in [0, 0.05) is 5.56 Å². The van der Waals surface area contributed by atoms with Crippen molar-refractivity contribution in [1.29, 1.82) is 0 Å². The topological polar surface area (TPSA) is 30.2 Å². The average Bonchev–Trinajstić information content (AvgIpc) is 2.46. The second-order valence-electron chi connectivity index (χ2n) is 3.60. The van der Waals surface area contributed by atoms with E-state index in [9.17, 15) is 0 Å². The molecule has 0 saturated heterocycles. The first-order valence-corrected chi connectivity index (χ1v) is 4.50. The molecule has 0 aliphatic rings. The van der Waals surface area contributed by atoms with Gasteiger partial charge in [-0.25, -0.2) is 0 Å². The number of hydrogen-bond acceptors (Lipinski definition) is 2. The van der Waals surface area contributed by atoms with E-state index in [1.165, 1.54) is 5.56 Å². The van der Waals surface area contributed by atoms with Crippen molar-refractivity contribution in [1.82, 2.24) is 14.8 Å². The van der Waals surface area contributed by atoms with Gasteiger partial charge < -0.3 is 0 Å². The maximum absolute atomic E-state index is 4.28. The molecule has 2 aromatic rings. The van der Waals surface area contributed by atoms with Gasteiger partial charge in [-0.3, -0.25) is 0 Å². The number of fused-ring (bicyclic) bond motifs is 1. The lowest BCUT2D eigenvalue weighted by molar-refractivity contribution is 0.781. The van der Waals surface area contributed by atoms with Crippen LogP contribution >= 0.6 is 0 Å². The quantitative estimate of drug-likeness (QED) is 0.664. The Bertz CT molecular complexity index is 429. The lowest BCUT2D eigenvalue weighted by Crippen LogP contribution is -1.95. The van der Waals surface area contributed by atoms with Gasteiger partial charge in [0.05, 0.1) is 17.4 Å². The highest BCUT2D eigenvalue weighted by molar-refractivity contribution is 5.53. The van der Waals surface area contributed by atoms with Gasteiger partial charge in [0.15, 0.2) is 0 Å². The first kappa shape index (κ1) is 8.23. The second kappa shape index (κ2) is 2.83. The van der Waals surface area contributed by atoms with E-state index in [-0.39, 0.29) is 0 Å². The summed E-state index contributed by atoms with van der Waals surface area (Å²) in [5.41, 5.74) is 3.36. The Morgan fingerprint density at radius 2 is 2.08 bits per heavy atom. The highest BCUT2D eigenvalue weighted by Crippen LogP contribution is 2.18. The van der Waals surface area contributed by atoms with Crippen molar-refractivity contribution >= 4 is 5.52 Å². The van der Waals surface area contributed by atoms with Gasteiger partial charge in [-0.15, -0.1) is 0 Å². The van der Waals surface area contributed by atoms with Crippen LogP contribution < -0.4 is 0 Å². The van der Waals surface area contributed by atoms with Gasteiger partial charge in [-0.05, 0) is 25.0 Å². The van der Waals surface area contributed by atoms with Crippen LogP contribution in [0.3, 0.4) is 0 Å². The molecule has 0 aliphatic carbocycles. The summed E-state index contributed by atoms with van der Waals surface area (Å²) in [4.78, 5) is 0. The average molecular weight is 175 g/mol. The highest BCUT2D eigenvalue weighted by atomic mass is 15.4. The number of rotatable bonds is 1. The van der Waals surface area contributed by atoms with Crippen LogP contribution in [0, 0.1) is 6.92 Å². The normalized spacial score (nSPS) is 11.4. The molecule has 0 aromatic carbocycles. The van der Waals surface area contributed by atoms with Crippen LogP contribution in [0.4, 0.5) is 0 Å². The number of aromatic nitrogens is 3. The van der Waals surface area contributed by atoms with Crippen LogP contribution in [-0.4, -0.2) is 14.8 Å². The van der Waals surface area contributed by atoms with Crippen LogP contribution in [-0.2, 0) is 0 Å². The zero-order valence-electron chi connectivity index (χ0n) is 8.15. The van der Waals surface area contributed by atoms with Gasteiger partial charge in [-0.2, -0.15) is 14.8 Å². The fraction of sp³-hybridized carbons (Fsp3) is 0.400. The lowest BCUT2D eigenvalue weighted by atomic mass is 10.1. The van der Waals surface area contributed by atoms with Crippen LogP contribution in [0.15, 0.2) is 18.3 Å². The minimum atomic E-state index is 0.502. The van der Waals surface area contributed by atoms with E-state index in [0.717, 1.165) is 11.2 Å². The molecule has 0 saturated carbocycles. The predicted octanol–water partition coefficient (Wildman–Crippen LogP) is 2.16. The molecular weight excluding hydrogens is 162 g/mol. The third kappa shape index (κ3) is 1.30. The molecule has 0 spiro atoms. The van der Waals surface area contributed by atoms with Gasteiger partial charge in [0.2, 0.25) is 0 Å². The monoisotopic (exact) mass is 175 g/mol. The largest absolute Gasteiger partial charge is 0.158 e. The Morgan fingerprint density at radius 3 is 2.77 bits per heavy atom. The van der Waals surface area contributed by atoms with Gasteiger partial charge in [0.1, 0.15) is 0 Å². The van der Waals surface area contributed by atoms with Crippen molar-refractivity contribution < 1.29 is 0 Å². The first-order valence-electron chi connectivity index (χ1n) is 4.50. The van der Waals surface area contributed by atoms with Gasteiger partial charge >= 0.3 is 0 Å². The summed E-state index contributed by atoms with van der Waals surface area (Å²) in [6.45, 7) is 6.30. The number of hydrogen-bond donors (Lipinski definition) is 0. The Hall–Kier alpha value is -1.38. The third-order valence-corrected chi connectivity index (χ3v) is 2.17. The van der Waals surface area contributed by atoms with Gasteiger partial charge in [-0.1, -0.05) is 13.8 Å². The maximum Gasteiger partial charge on any atom is 0.0907 e. The molecule has 0 fully saturated rings. The summed E-state index contributed by atoms with van der Waals surface area (Å²) in [5, 5.41) is 8.49. The Kier molecular flexibility index (Phi) is 1.79. The van der Waals surface area contributed by atoms with Crippen molar-refractivity contribution in [3.05, 3.63) is 29.6 Å². The molecule has 2 aromatic heterocycles. The smallest absolute Gasteiger partial charge is 0.0907 e. The summed E-state index contributed by atoms with van der Waals surface area (Å²) in [7, 11) is 0. The molecule has 2 heterocycles. The standard InChI is InChI=1S/C10H13N3/c1-7(2)9-6-11-13-10(9)5-4-8(3)12-13/h4-7H,1-3H3. The fourth-order valence-electron chi connectivity index (χ4n) is 1.43. The van der Waals surface area contributed by atoms with E-state index >= 15 is 0 Å². The van der Waals surface area contributed by atoms with E-state index in [0.29, 0.717) is 5.92 Å². The SMILES string of the molecule is Cc1ccc2c(C(C)C)cnn2n1. The lowest BCUT2D eigenvalue weighted by Gasteiger charge is -2.01. The molecule has 0 atom stereocenters. The van der Waals surface area contributed by atoms with E-state index in [4.69, 9.17) is 0 Å². The zero-order chi connectivity index (χ0) is 9.42. The van der Waals surface area contributed by atoms with E-state index in [1.807, 2.05) is 19.2 Å². The molecule has 0 unspecified atom stereocenters. The molecule has 3 nitrogen and oxygen atoms in total. The van der Waals surface area contributed by atoms with Crippen molar-refractivity contribution in [2.45, 2.75) is 26.7 Å². The highest BCUT2D eigenvalue weighted by Gasteiger charge is 2.07. The minimum absolute atomic E-state index is 0.502. The molecule has 0 aliphatic heterocycles. The second-order valence-corrected chi connectivity index (χ2v) is 3.60. The molecule has 0 N–H and O–H groups in total. The molecule has 0 amide bonds. The fourth-order valence-corrected chi connectivity index (χ4v) is 1.43. The Morgan fingerprint density at radius 1 is 1.31 bits per heavy atom. The summed E-state index contributed by atoms with van der Waals surface area (Å²) in [5.74, 6) is 0.502. The summed E-state index contributed by atoms with van der Waals surface area (Å²) in [6, 6.07) is 4.09. The van der Waals surface area contributed by atoms with E-state index in [2.05, 4.69) is 30.1 Å². The van der Waals surface area contributed by atoms with Crippen LogP contribution in [0.25, 0.3) is 5.52 Å². The maximum atomic E-state index is 4.28.